The second kappa shape index (κ2) is 12.3. The molecule has 0 amide bonds. The molecule has 204 valence electrons. The lowest BCUT2D eigenvalue weighted by atomic mass is 9.86. The first-order chi connectivity index (χ1) is 20.8. The summed E-state index contributed by atoms with van der Waals surface area (Å²) in [4.78, 5) is 2.82. The SMILES string of the molecule is c1ccc2c(c1)CCc1ccccc1-2.c1ccc2c(c1)Cc1ccccc1C2.c1ccc2c(c1)Cc1ccccc1S2. The molecule has 6 aromatic carbocycles. The van der Waals surface area contributed by atoms with Crippen LogP contribution in [0.3, 0.4) is 0 Å². The van der Waals surface area contributed by atoms with E-state index in [-0.39, 0.29) is 0 Å². The van der Waals surface area contributed by atoms with Crippen molar-refractivity contribution in [1.29, 1.82) is 0 Å². The molecule has 3 aliphatic rings. The zero-order chi connectivity index (χ0) is 28.1. The van der Waals surface area contributed by atoms with Crippen molar-refractivity contribution in [2.75, 3.05) is 0 Å². The van der Waals surface area contributed by atoms with Crippen LogP contribution in [-0.2, 0) is 32.1 Å². The van der Waals surface area contributed by atoms with E-state index in [4.69, 9.17) is 0 Å². The molecule has 0 aromatic heterocycles. The molecule has 1 heterocycles. The number of fused-ring (bicyclic) bond motifs is 7. The Labute approximate surface area is 254 Å². The average Bonchev–Trinajstić information content (AvgIpc) is 3.07. The fourth-order valence-electron chi connectivity index (χ4n) is 6.31. The third-order valence-electron chi connectivity index (χ3n) is 8.53. The Balaban J connectivity index is 0.000000103. The van der Waals surface area contributed by atoms with Crippen molar-refractivity contribution in [2.24, 2.45) is 0 Å². The van der Waals surface area contributed by atoms with Crippen LogP contribution >= 0.6 is 11.8 Å². The summed E-state index contributed by atoms with van der Waals surface area (Å²) in [5.41, 5.74) is 14.7. The summed E-state index contributed by atoms with van der Waals surface area (Å²) in [6.07, 6.45) is 5.67. The van der Waals surface area contributed by atoms with E-state index in [9.17, 15) is 0 Å². The topological polar surface area (TPSA) is 0 Å². The molecular formula is C41H34S. The molecule has 1 heteroatoms. The summed E-state index contributed by atoms with van der Waals surface area (Å²) in [7, 11) is 0. The monoisotopic (exact) mass is 558 g/mol. The lowest BCUT2D eigenvalue weighted by Gasteiger charge is -2.19. The first-order valence-corrected chi connectivity index (χ1v) is 15.8. The van der Waals surface area contributed by atoms with Gasteiger partial charge in [-0.25, -0.2) is 0 Å². The molecule has 0 bridgehead atoms. The Morgan fingerprint density at radius 3 is 0.976 bits per heavy atom. The number of rotatable bonds is 0. The fourth-order valence-corrected chi connectivity index (χ4v) is 7.38. The number of hydrogen-bond donors (Lipinski definition) is 0. The van der Waals surface area contributed by atoms with Crippen LogP contribution in [-0.4, -0.2) is 0 Å². The Morgan fingerprint density at radius 1 is 0.286 bits per heavy atom. The van der Waals surface area contributed by atoms with Crippen molar-refractivity contribution >= 4 is 11.8 Å². The van der Waals surface area contributed by atoms with E-state index in [2.05, 4.69) is 146 Å². The van der Waals surface area contributed by atoms with Crippen LogP contribution in [0.2, 0.25) is 0 Å². The summed E-state index contributed by atoms with van der Waals surface area (Å²) >= 11 is 1.88. The summed E-state index contributed by atoms with van der Waals surface area (Å²) in [6.45, 7) is 0. The molecule has 0 fully saturated rings. The molecule has 9 rings (SSSR count). The van der Waals surface area contributed by atoms with Gasteiger partial charge in [-0.3, -0.25) is 0 Å². The van der Waals surface area contributed by atoms with Crippen molar-refractivity contribution in [3.8, 4) is 11.1 Å². The molecule has 0 radical (unpaired) electrons. The molecule has 0 saturated heterocycles. The molecule has 0 nitrogen and oxygen atoms in total. The summed E-state index contributed by atoms with van der Waals surface area (Å²) in [5, 5.41) is 0. The summed E-state index contributed by atoms with van der Waals surface area (Å²) in [5.74, 6) is 0. The zero-order valence-electron chi connectivity index (χ0n) is 23.8. The van der Waals surface area contributed by atoms with Gasteiger partial charge in [0.15, 0.2) is 0 Å². The molecule has 6 aromatic rings. The number of benzene rings is 6. The first-order valence-electron chi connectivity index (χ1n) is 15.0. The van der Waals surface area contributed by atoms with Gasteiger partial charge in [0.1, 0.15) is 0 Å². The minimum Gasteiger partial charge on any atom is -0.0895 e. The molecule has 0 unspecified atom stereocenters. The minimum atomic E-state index is 1.08. The van der Waals surface area contributed by atoms with E-state index in [0.29, 0.717) is 0 Å². The Hall–Kier alpha value is -4.33. The van der Waals surface area contributed by atoms with Gasteiger partial charge in [-0.1, -0.05) is 145 Å². The van der Waals surface area contributed by atoms with Crippen molar-refractivity contribution in [3.05, 3.63) is 190 Å². The van der Waals surface area contributed by atoms with E-state index < -0.39 is 0 Å². The highest BCUT2D eigenvalue weighted by atomic mass is 32.2. The van der Waals surface area contributed by atoms with Crippen LogP contribution in [0, 0.1) is 0 Å². The van der Waals surface area contributed by atoms with Crippen molar-refractivity contribution in [1.82, 2.24) is 0 Å². The van der Waals surface area contributed by atoms with Crippen LogP contribution < -0.4 is 0 Å². The zero-order valence-corrected chi connectivity index (χ0v) is 24.6. The van der Waals surface area contributed by atoms with Crippen LogP contribution in [0.4, 0.5) is 0 Å². The normalized spacial score (nSPS) is 13.1. The molecule has 2 aliphatic carbocycles. The smallest absolute Gasteiger partial charge is 0.0157 e. The quantitative estimate of drug-likeness (QED) is 0.178. The Kier molecular flexibility index (Phi) is 7.76. The van der Waals surface area contributed by atoms with Crippen LogP contribution in [0.25, 0.3) is 11.1 Å². The van der Waals surface area contributed by atoms with E-state index in [0.717, 1.165) is 19.3 Å². The van der Waals surface area contributed by atoms with Gasteiger partial charge in [0.05, 0.1) is 0 Å². The fraction of sp³-hybridized carbons (Fsp3) is 0.122. The maximum atomic E-state index is 2.24. The van der Waals surface area contributed by atoms with Crippen molar-refractivity contribution < 1.29 is 0 Å². The molecule has 42 heavy (non-hydrogen) atoms. The van der Waals surface area contributed by atoms with Crippen LogP contribution in [0.1, 0.15) is 44.5 Å². The van der Waals surface area contributed by atoms with Gasteiger partial charge in [-0.2, -0.15) is 0 Å². The predicted octanol–water partition coefficient (Wildman–Crippen LogP) is 10.4. The molecular weight excluding hydrogens is 525 g/mol. The minimum absolute atomic E-state index is 1.08. The van der Waals surface area contributed by atoms with E-state index in [1.165, 1.54) is 78.3 Å². The average molecular weight is 559 g/mol. The van der Waals surface area contributed by atoms with Gasteiger partial charge in [0.25, 0.3) is 0 Å². The van der Waals surface area contributed by atoms with Gasteiger partial charge in [0, 0.05) is 9.79 Å². The second-order valence-corrected chi connectivity index (χ2v) is 12.3. The second-order valence-electron chi connectivity index (χ2n) is 11.2. The molecule has 0 saturated carbocycles. The first kappa shape index (κ1) is 26.6. The van der Waals surface area contributed by atoms with Gasteiger partial charge in [0.2, 0.25) is 0 Å². The standard InChI is InChI=1S/2C14H12.C13H10S/c1-3-7-13-11(5-1)9-10-12-6-2-4-8-14(12)13;1-2-6-12-10-14-8-4-3-7-13(14)9-11(12)5-1;1-3-7-12-10(5-1)9-11-6-2-4-8-13(11)14-12/h2*1-8H,9-10H2;1-8H,9H2. The Bertz CT molecular complexity index is 1530. The molecule has 0 N–H and O–H groups in total. The molecule has 0 atom stereocenters. The van der Waals surface area contributed by atoms with Gasteiger partial charge in [-0.05, 0) is 99.9 Å². The lowest BCUT2D eigenvalue weighted by Crippen LogP contribution is -2.06. The third-order valence-corrected chi connectivity index (χ3v) is 9.77. The lowest BCUT2D eigenvalue weighted by molar-refractivity contribution is 0.942. The van der Waals surface area contributed by atoms with Gasteiger partial charge >= 0.3 is 0 Å². The molecule has 0 spiro atoms. The maximum Gasteiger partial charge on any atom is 0.0157 e. The third kappa shape index (κ3) is 5.71. The van der Waals surface area contributed by atoms with Crippen molar-refractivity contribution in [2.45, 2.75) is 41.9 Å². The maximum absolute atomic E-state index is 2.24. The highest BCUT2D eigenvalue weighted by Gasteiger charge is 2.15. The molecule has 1 aliphatic heterocycles. The van der Waals surface area contributed by atoms with Crippen LogP contribution in [0.15, 0.2) is 155 Å². The number of hydrogen-bond acceptors (Lipinski definition) is 1. The van der Waals surface area contributed by atoms with E-state index in [1.807, 2.05) is 11.8 Å². The van der Waals surface area contributed by atoms with Gasteiger partial charge < -0.3 is 0 Å². The highest BCUT2D eigenvalue weighted by molar-refractivity contribution is 7.99. The summed E-state index contributed by atoms with van der Waals surface area (Å²) < 4.78 is 0. The van der Waals surface area contributed by atoms with Gasteiger partial charge in [-0.15, -0.1) is 0 Å². The number of aryl methyl sites for hydroxylation is 2. The summed E-state index contributed by atoms with van der Waals surface area (Å²) in [6, 6.07) is 52.3. The van der Waals surface area contributed by atoms with E-state index in [1.54, 1.807) is 0 Å². The predicted molar refractivity (Wildman–Crippen MR) is 178 cm³/mol. The van der Waals surface area contributed by atoms with Crippen molar-refractivity contribution in [3.63, 3.8) is 0 Å². The Morgan fingerprint density at radius 2 is 0.571 bits per heavy atom. The van der Waals surface area contributed by atoms with Crippen LogP contribution in [0.5, 0.6) is 0 Å². The highest BCUT2D eigenvalue weighted by Crippen LogP contribution is 2.39. The largest absolute Gasteiger partial charge is 0.0895 e. The van der Waals surface area contributed by atoms with E-state index >= 15 is 0 Å².